The number of rotatable bonds is 3. The lowest BCUT2D eigenvalue weighted by Crippen LogP contribution is -2.27. The first-order chi connectivity index (χ1) is 10.7. The Kier molecular flexibility index (Phi) is 5.22. The highest BCUT2D eigenvalue weighted by molar-refractivity contribution is 6.43. The van der Waals surface area contributed by atoms with Gasteiger partial charge in [0, 0.05) is 0 Å². The molecule has 2 aromatic carbocycles. The summed E-state index contributed by atoms with van der Waals surface area (Å²) in [7, 11) is 0. The largest absolute Gasteiger partial charge is 0.416 e. The summed E-state index contributed by atoms with van der Waals surface area (Å²) in [6, 6.07) is 8.78. The van der Waals surface area contributed by atoms with E-state index in [1.165, 1.54) is 18.2 Å². The Morgan fingerprint density at radius 1 is 1.09 bits per heavy atom. The van der Waals surface area contributed by atoms with E-state index in [4.69, 9.17) is 23.2 Å². The fraction of sp³-hybridized carbons (Fsp3) is 0.188. The molecule has 7 heteroatoms. The molecule has 0 spiro atoms. The van der Waals surface area contributed by atoms with Gasteiger partial charge in [0.25, 0.3) is 5.91 Å². The zero-order valence-electron chi connectivity index (χ0n) is 11.9. The molecule has 0 aliphatic rings. The van der Waals surface area contributed by atoms with E-state index in [0.717, 1.165) is 12.1 Å². The summed E-state index contributed by atoms with van der Waals surface area (Å²) in [4.78, 5) is 12.2. The Hall–Kier alpha value is -1.72. The van der Waals surface area contributed by atoms with Crippen LogP contribution in [0.1, 0.15) is 34.5 Å². The highest BCUT2D eigenvalue weighted by atomic mass is 35.5. The van der Waals surface area contributed by atoms with Gasteiger partial charge < -0.3 is 5.32 Å². The van der Waals surface area contributed by atoms with Gasteiger partial charge in [-0.15, -0.1) is 0 Å². The van der Waals surface area contributed by atoms with Gasteiger partial charge in [-0.2, -0.15) is 13.2 Å². The summed E-state index contributed by atoms with van der Waals surface area (Å²) < 4.78 is 37.6. The fourth-order valence-electron chi connectivity index (χ4n) is 2.00. The zero-order chi connectivity index (χ0) is 17.2. The molecule has 2 nitrogen and oxygen atoms in total. The first-order valence-electron chi connectivity index (χ1n) is 6.62. The van der Waals surface area contributed by atoms with E-state index in [1.807, 2.05) is 0 Å². The second-order valence-electron chi connectivity index (χ2n) is 4.92. The van der Waals surface area contributed by atoms with Crippen LogP contribution >= 0.6 is 23.2 Å². The Morgan fingerprint density at radius 3 is 2.26 bits per heavy atom. The highest BCUT2D eigenvalue weighted by Crippen LogP contribution is 2.30. The van der Waals surface area contributed by atoms with Gasteiger partial charge in [0.15, 0.2) is 0 Å². The number of benzene rings is 2. The number of carbonyl (C=O) groups excluding carboxylic acids is 1. The van der Waals surface area contributed by atoms with Crippen LogP contribution in [0.15, 0.2) is 42.5 Å². The third-order valence-electron chi connectivity index (χ3n) is 3.28. The van der Waals surface area contributed by atoms with Crippen molar-refractivity contribution in [3.05, 3.63) is 69.2 Å². The minimum Gasteiger partial charge on any atom is -0.345 e. The van der Waals surface area contributed by atoms with Gasteiger partial charge in [-0.05, 0) is 36.8 Å². The SMILES string of the molecule is CC(NC(=O)c1cccc(Cl)c1Cl)c1ccc(C(F)(F)F)cc1. The summed E-state index contributed by atoms with van der Waals surface area (Å²) >= 11 is 11.8. The van der Waals surface area contributed by atoms with Crippen LogP contribution in [0.2, 0.25) is 10.0 Å². The maximum Gasteiger partial charge on any atom is 0.416 e. The summed E-state index contributed by atoms with van der Waals surface area (Å²) in [6.45, 7) is 1.67. The third kappa shape index (κ3) is 4.18. The van der Waals surface area contributed by atoms with Gasteiger partial charge in [0.2, 0.25) is 0 Å². The molecule has 0 fully saturated rings. The van der Waals surface area contributed by atoms with Crippen molar-refractivity contribution in [3.8, 4) is 0 Å². The van der Waals surface area contributed by atoms with E-state index < -0.39 is 23.7 Å². The van der Waals surface area contributed by atoms with Crippen LogP contribution in [-0.4, -0.2) is 5.91 Å². The van der Waals surface area contributed by atoms with E-state index in [1.54, 1.807) is 19.1 Å². The van der Waals surface area contributed by atoms with Crippen molar-refractivity contribution in [3.63, 3.8) is 0 Å². The van der Waals surface area contributed by atoms with E-state index >= 15 is 0 Å². The first kappa shape index (κ1) is 17.6. The average molecular weight is 362 g/mol. The molecule has 1 N–H and O–H groups in total. The number of nitrogens with one attached hydrogen (secondary N) is 1. The lowest BCUT2D eigenvalue weighted by atomic mass is 10.1. The molecule has 122 valence electrons. The standard InChI is InChI=1S/C16H12Cl2F3NO/c1-9(10-5-7-11(8-6-10)16(19,20)21)22-15(23)12-3-2-4-13(17)14(12)18/h2-9H,1H3,(H,22,23). The number of hydrogen-bond acceptors (Lipinski definition) is 1. The molecule has 1 unspecified atom stereocenters. The second kappa shape index (κ2) is 6.81. The van der Waals surface area contributed by atoms with E-state index in [2.05, 4.69) is 5.32 Å². The van der Waals surface area contributed by atoms with Gasteiger partial charge in [-0.1, -0.05) is 41.4 Å². The Bertz CT molecular complexity index is 714. The summed E-state index contributed by atoms with van der Waals surface area (Å²) in [5.41, 5.74) is 0.0140. The lowest BCUT2D eigenvalue weighted by molar-refractivity contribution is -0.137. The molecular formula is C16H12Cl2F3NO. The Morgan fingerprint density at radius 2 is 1.70 bits per heavy atom. The summed E-state index contributed by atoms with van der Waals surface area (Å²) in [6.07, 6.45) is -4.39. The summed E-state index contributed by atoms with van der Waals surface area (Å²) in [5.74, 6) is -0.454. The molecule has 0 radical (unpaired) electrons. The van der Waals surface area contributed by atoms with Crippen molar-refractivity contribution in [2.45, 2.75) is 19.1 Å². The van der Waals surface area contributed by atoms with Crippen molar-refractivity contribution in [1.29, 1.82) is 0 Å². The van der Waals surface area contributed by atoms with Crippen LogP contribution in [0, 0.1) is 0 Å². The smallest absolute Gasteiger partial charge is 0.345 e. The van der Waals surface area contributed by atoms with Gasteiger partial charge in [0.1, 0.15) is 0 Å². The number of alkyl halides is 3. The van der Waals surface area contributed by atoms with Gasteiger partial charge >= 0.3 is 6.18 Å². The molecule has 0 heterocycles. The van der Waals surface area contributed by atoms with Crippen molar-refractivity contribution >= 4 is 29.1 Å². The van der Waals surface area contributed by atoms with Crippen molar-refractivity contribution < 1.29 is 18.0 Å². The number of halogens is 5. The first-order valence-corrected chi connectivity index (χ1v) is 7.38. The van der Waals surface area contributed by atoms with E-state index in [9.17, 15) is 18.0 Å². The molecule has 0 aliphatic carbocycles. The minimum absolute atomic E-state index is 0.131. The highest BCUT2D eigenvalue weighted by Gasteiger charge is 2.30. The quantitative estimate of drug-likeness (QED) is 0.767. The van der Waals surface area contributed by atoms with Crippen LogP contribution in [0.3, 0.4) is 0 Å². The number of carbonyl (C=O) groups is 1. The van der Waals surface area contributed by atoms with Crippen molar-refractivity contribution in [2.75, 3.05) is 0 Å². The Balaban J connectivity index is 2.14. The molecule has 2 aromatic rings. The maximum atomic E-state index is 12.5. The molecule has 1 amide bonds. The van der Waals surface area contributed by atoms with Crippen molar-refractivity contribution in [2.24, 2.45) is 0 Å². The average Bonchev–Trinajstić information content (AvgIpc) is 2.49. The second-order valence-corrected chi connectivity index (χ2v) is 5.70. The summed E-state index contributed by atoms with van der Waals surface area (Å²) in [5, 5.41) is 3.06. The molecule has 0 saturated carbocycles. The van der Waals surface area contributed by atoms with Gasteiger partial charge in [-0.3, -0.25) is 4.79 Å². The van der Waals surface area contributed by atoms with E-state index in [0.29, 0.717) is 5.56 Å². The predicted molar refractivity (Wildman–Crippen MR) is 83.8 cm³/mol. The fourth-order valence-corrected chi connectivity index (χ4v) is 2.38. The molecule has 0 bridgehead atoms. The van der Waals surface area contributed by atoms with Crippen LogP contribution in [-0.2, 0) is 6.18 Å². The van der Waals surface area contributed by atoms with Crippen molar-refractivity contribution in [1.82, 2.24) is 5.32 Å². The van der Waals surface area contributed by atoms with Crippen LogP contribution in [0.4, 0.5) is 13.2 Å². The molecule has 23 heavy (non-hydrogen) atoms. The molecule has 2 rings (SSSR count). The van der Waals surface area contributed by atoms with Crippen LogP contribution in [0.25, 0.3) is 0 Å². The Labute approximate surface area is 141 Å². The molecule has 0 aromatic heterocycles. The molecule has 1 atom stereocenters. The van der Waals surface area contributed by atoms with E-state index in [-0.39, 0.29) is 15.6 Å². The normalized spacial score (nSPS) is 12.8. The monoisotopic (exact) mass is 361 g/mol. The molecular weight excluding hydrogens is 350 g/mol. The topological polar surface area (TPSA) is 29.1 Å². The number of amides is 1. The van der Waals surface area contributed by atoms with Gasteiger partial charge in [0.05, 0.1) is 27.2 Å². The molecule has 0 aliphatic heterocycles. The molecule has 0 saturated heterocycles. The van der Waals surface area contributed by atoms with Crippen LogP contribution in [0.5, 0.6) is 0 Å². The predicted octanol–water partition coefficient (Wildman–Crippen LogP) is 5.50. The van der Waals surface area contributed by atoms with Crippen LogP contribution < -0.4 is 5.32 Å². The maximum absolute atomic E-state index is 12.5. The minimum atomic E-state index is -4.39. The number of hydrogen-bond donors (Lipinski definition) is 1. The third-order valence-corrected chi connectivity index (χ3v) is 4.10. The van der Waals surface area contributed by atoms with Gasteiger partial charge in [-0.25, -0.2) is 0 Å². The lowest BCUT2D eigenvalue weighted by Gasteiger charge is -2.16. The zero-order valence-corrected chi connectivity index (χ0v) is 13.4.